The molecule has 0 aliphatic carbocycles. The Hall–Kier alpha value is -2.71. The van der Waals surface area contributed by atoms with Crippen LogP contribution >= 0.6 is 0 Å². The van der Waals surface area contributed by atoms with Gasteiger partial charge in [0.2, 0.25) is 15.9 Å². The zero-order valence-corrected chi connectivity index (χ0v) is 17.8. The van der Waals surface area contributed by atoms with Gasteiger partial charge in [0.25, 0.3) is 5.91 Å². The van der Waals surface area contributed by atoms with Gasteiger partial charge in [0.1, 0.15) is 0 Å². The summed E-state index contributed by atoms with van der Waals surface area (Å²) in [6.07, 6.45) is 1.36. The molecule has 2 amide bonds. The average molecular weight is 430 g/mol. The summed E-state index contributed by atoms with van der Waals surface area (Å²) in [5, 5.41) is 5.47. The number of carbonyl (C=O) groups excluding carboxylic acids is 2. The number of nitrogens with one attached hydrogen (secondary N) is 2. The maximum Gasteiger partial charge on any atom is 0.251 e. The number of rotatable bonds is 7. The Morgan fingerprint density at radius 2 is 1.60 bits per heavy atom. The van der Waals surface area contributed by atoms with Crippen LogP contribution in [0.2, 0.25) is 0 Å². The van der Waals surface area contributed by atoms with Gasteiger partial charge >= 0.3 is 0 Å². The van der Waals surface area contributed by atoms with Crippen molar-refractivity contribution in [2.45, 2.75) is 24.7 Å². The topological polar surface area (TPSA) is 95.6 Å². The fraction of sp³-hybridized carbons (Fsp3) is 0.364. The molecule has 1 aliphatic rings. The number of piperidine rings is 1. The van der Waals surface area contributed by atoms with Gasteiger partial charge in [-0.25, -0.2) is 8.42 Å². The molecule has 3 rings (SSSR count). The summed E-state index contributed by atoms with van der Waals surface area (Å²) >= 11 is 0. The van der Waals surface area contributed by atoms with Crippen LogP contribution in [-0.2, 0) is 14.8 Å². The summed E-state index contributed by atoms with van der Waals surface area (Å²) < 4.78 is 26.8. The van der Waals surface area contributed by atoms with Gasteiger partial charge in [-0.3, -0.25) is 9.59 Å². The van der Waals surface area contributed by atoms with Crippen molar-refractivity contribution in [1.29, 1.82) is 0 Å². The number of sulfonamides is 1. The van der Waals surface area contributed by atoms with E-state index in [0.717, 1.165) is 5.56 Å². The molecule has 2 aromatic carbocycles. The standard InChI is InChI=1S/C22H27N3O4S/c1-17-7-5-6-10-20(17)22(27)24-16-21(26)23-15-18-11-13-25(14-12-18)30(28,29)19-8-3-2-4-9-19/h2-10,18H,11-16H2,1H3,(H,23,26)(H,24,27). The van der Waals surface area contributed by atoms with Gasteiger partial charge in [-0.15, -0.1) is 0 Å². The molecule has 0 unspecified atom stereocenters. The van der Waals surface area contributed by atoms with Crippen LogP contribution in [0, 0.1) is 12.8 Å². The van der Waals surface area contributed by atoms with Crippen molar-refractivity contribution in [1.82, 2.24) is 14.9 Å². The largest absolute Gasteiger partial charge is 0.354 e. The molecular formula is C22H27N3O4S. The highest BCUT2D eigenvalue weighted by Gasteiger charge is 2.29. The van der Waals surface area contributed by atoms with E-state index in [1.54, 1.807) is 42.5 Å². The monoisotopic (exact) mass is 429 g/mol. The molecule has 8 heteroatoms. The van der Waals surface area contributed by atoms with Gasteiger partial charge in [-0.1, -0.05) is 36.4 Å². The minimum absolute atomic E-state index is 0.0889. The minimum Gasteiger partial charge on any atom is -0.354 e. The highest BCUT2D eigenvalue weighted by molar-refractivity contribution is 7.89. The van der Waals surface area contributed by atoms with Crippen LogP contribution in [0.25, 0.3) is 0 Å². The normalized spacial score (nSPS) is 15.5. The molecule has 1 saturated heterocycles. The third-order valence-electron chi connectivity index (χ3n) is 5.34. The predicted octanol–water partition coefficient (Wildman–Crippen LogP) is 1.94. The van der Waals surface area contributed by atoms with Gasteiger partial charge in [0.15, 0.2) is 0 Å². The number of hydrogen-bond acceptors (Lipinski definition) is 4. The third kappa shape index (κ3) is 5.46. The maximum atomic E-state index is 12.7. The van der Waals surface area contributed by atoms with Crippen molar-refractivity contribution in [3.63, 3.8) is 0 Å². The van der Waals surface area contributed by atoms with E-state index < -0.39 is 10.0 Å². The lowest BCUT2D eigenvalue weighted by Gasteiger charge is -2.31. The molecule has 0 bridgehead atoms. The third-order valence-corrected chi connectivity index (χ3v) is 7.25. The average Bonchev–Trinajstić information content (AvgIpc) is 2.77. The zero-order chi connectivity index (χ0) is 21.6. The number of aryl methyl sites for hydroxylation is 1. The van der Waals surface area contributed by atoms with Crippen LogP contribution in [0.1, 0.15) is 28.8 Å². The second kappa shape index (κ2) is 9.86. The SMILES string of the molecule is Cc1ccccc1C(=O)NCC(=O)NCC1CCN(S(=O)(=O)c2ccccc2)CC1. The molecule has 0 radical (unpaired) electrons. The molecule has 1 fully saturated rings. The Morgan fingerprint density at radius 3 is 2.27 bits per heavy atom. The first kappa shape index (κ1) is 22.0. The Labute approximate surface area is 177 Å². The molecule has 0 spiro atoms. The molecule has 0 atom stereocenters. The van der Waals surface area contributed by atoms with Gasteiger partial charge in [-0.2, -0.15) is 4.31 Å². The van der Waals surface area contributed by atoms with Crippen molar-refractivity contribution in [2.75, 3.05) is 26.2 Å². The highest BCUT2D eigenvalue weighted by atomic mass is 32.2. The Morgan fingerprint density at radius 1 is 0.967 bits per heavy atom. The van der Waals surface area contributed by atoms with Gasteiger partial charge in [0.05, 0.1) is 11.4 Å². The van der Waals surface area contributed by atoms with E-state index in [0.29, 0.717) is 42.9 Å². The van der Waals surface area contributed by atoms with Gasteiger partial charge in [0, 0.05) is 25.2 Å². The first-order chi connectivity index (χ1) is 14.4. The van der Waals surface area contributed by atoms with E-state index in [1.165, 1.54) is 4.31 Å². The van der Waals surface area contributed by atoms with Gasteiger partial charge in [-0.05, 0) is 49.4 Å². The first-order valence-electron chi connectivity index (χ1n) is 10.0. The minimum atomic E-state index is -3.47. The molecule has 1 aliphatic heterocycles. The summed E-state index contributed by atoms with van der Waals surface area (Å²) in [6.45, 7) is 3.09. The van der Waals surface area contributed by atoms with Crippen molar-refractivity contribution in [3.05, 3.63) is 65.7 Å². The molecule has 2 aromatic rings. The molecule has 160 valence electrons. The molecule has 7 nitrogen and oxygen atoms in total. The number of benzene rings is 2. The quantitative estimate of drug-likeness (QED) is 0.703. The Bertz CT molecular complexity index is 984. The lowest BCUT2D eigenvalue weighted by molar-refractivity contribution is -0.120. The molecule has 2 N–H and O–H groups in total. The van der Waals surface area contributed by atoms with Crippen molar-refractivity contribution in [3.8, 4) is 0 Å². The summed E-state index contributed by atoms with van der Waals surface area (Å²) in [4.78, 5) is 24.6. The zero-order valence-electron chi connectivity index (χ0n) is 17.0. The first-order valence-corrected chi connectivity index (χ1v) is 11.5. The van der Waals surface area contributed by atoms with E-state index in [2.05, 4.69) is 10.6 Å². The van der Waals surface area contributed by atoms with E-state index >= 15 is 0 Å². The smallest absolute Gasteiger partial charge is 0.251 e. The number of amides is 2. The lowest BCUT2D eigenvalue weighted by atomic mass is 9.98. The summed E-state index contributed by atoms with van der Waals surface area (Å²) in [5.41, 5.74) is 1.41. The van der Waals surface area contributed by atoms with Crippen molar-refractivity contribution >= 4 is 21.8 Å². The summed E-state index contributed by atoms with van der Waals surface area (Å²) in [7, 11) is -3.47. The highest BCUT2D eigenvalue weighted by Crippen LogP contribution is 2.23. The Kier molecular flexibility index (Phi) is 7.23. The van der Waals surface area contributed by atoms with Crippen LogP contribution in [0.4, 0.5) is 0 Å². The van der Waals surface area contributed by atoms with Crippen LogP contribution in [0.3, 0.4) is 0 Å². The lowest BCUT2D eigenvalue weighted by Crippen LogP contribution is -2.43. The van der Waals surface area contributed by atoms with Gasteiger partial charge < -0.3 is 10.6 Å². The van der Waals surface area contributed by atoms with Crippen LogP contribution < -0.4 is 10.6 Å². The maximum absolute atomic E-state index is 12.7. The van der Waals surface area contributed by atoms with Crippen LogP contribution in [0.15, 0.2) is 59.5 Å². The summed E-state index contributed by atoms with van der Waals surface area (Å²) in [6, 6.07) is 15.6. The molecular weight excluding hydrogens is 402 g/mol. The molecule has 30 heavy (non-hydrogen) atoms. The molecule has 1 heterocycles. The van der Waals surface area contributed by atoms with Crippen LogP contribution in [-0.4, -0.2) is 50.7 Å². The number of carbonyl (C=O) groups is 2. The fourth-order valence-electron chi connectivity index (χ4n) is 3.50. The van der Waals surface area contributed by atoms with E-state index in [1.807, 2.05) is 19.1 Å². The number of nitrogens with zero attached hydrogens (tertiary/aromatic N) is 1. The second-order valence-electron chi connectivity index (χ2n) is 7.46. The van der Waals surface area contributed by atoms with E-state index in [-0.39, 0.29) is 24.3 Å². The summed E-state index contributed by atoms with van der Waals surface area (Å²) in [5.74, 6) is -0.317. The van der Waals surface area contributed by atoms with Crippen LogP contribution in [0.5, 0.6) is 0 Å². The van der Waals surface area contributed by atoms with Crippen molar-refractivity contribution in [2.24, 2.45) is 5.92 Å². The number of hydrogen-bond donors (Lipinski definition) is 2. The predicted molar refractivity (Wildman–Crippen MR) is 114 cm³/mol. The fourth-order valence-corrected chi connectivity index (χ4v) is 4.99. The van der Waals surface area contributed by atoms with E-state index in [4.69, 9.17) is 0 Å². The molecule has 0 saturated carbocycles. The molecule has 0 aromatic heterocycles. The Balaban J connectivity index is 1.41. The van der Waals surface area contributed by atoms with E-state index in [9.17, 15) is 18.0 Å². The van der Waals surface area contributed by atoms with Crippen molar-refractivity contribution < 1.29 is 18.0 Å². The second-order valence-corrected chi connectivity index (χ2v) is 9.40.